The quantitative estimate of drug-likeness (QED) is 0.264. The molecule has 7 heteroatoms. The average molecular weight is 616 g/mol. The predicted molar refractivity (Wildman–Crippen MR) is 110 cm³/mol. The molecule has 0 aromatic rings. The number of hydrogen-bond acceptors (Lipinski definition) is 0. The van der Waals surface area contributed by atoms with Gasteiger partial charge in [0.25, 0.3) is 0 Å². The molecule has 4 unspecified atom stereocenters. The molecular weight excluding hydrogens is 589 g/mol. The van der Waals surface area contributed by atoms with E-state index >= 15 is 0 Å². The Hall–Kier alpha value is 3.37. The fourth-order valence-electron chi connectivity index (χ4n) is 4.05. The fraction of sp³-hybridized carbons (Fsp3) is 1.00. The van der Waals surface area contributed by atoms with Crippen molar-refractivity contribution in [2.24, 2.45) is 16.2 Å². The molecule has 4 aliphatic rings. The normalized spacial score (nSPS) is 53.0. The second kappa shape index (κ2) is 4.85. The van der Waals surface area contributed by atoms with Crippen LogP contribution < -0.4 is 0 Å². The molecular formula is C15H27P3Se4. The van der Waals surface area contributed by atoms with E-state index < -0.39 is 0 Å². The minimum atomic E-state index is 0.373. The molecule has 6 atom stereocenters. The van der Waals surface area contributed by atoms with E-state index in [1.807, 2.05) is 0 Å². The van der Waals surface area contributed by atoms with Crippen LogP contribution in [0.4, 0.5) is 0 Å². The zero-order valence-electron chi connectivity index (χ0n) is 15.0. The maximum absolute atomic E-state index is 2.65. The van der Waals surface area contributed by atoms with Gasteiger partial charge >= 0.3 is 165 Å². The number of hydrogen-bond donors (Lipinski definition) is 0. The molecule has 0 aromatic carbocycles. The Balaban J connectivity index is 1.96. The van der Waals surface area contributed by atoms with Crippen LogP contribution in [0.15, 0.2) is 0 Å². The van der Waals surface area contributed by atoms with Gasteiger partial charge in [-0.15, -0.1) is 0 Å². The zero-order valence-corrected chi connectivity index (χ0v) is 24.5. The first-order chi connectivity index (χ1) is 9.77. The van der Waals surface area contributed by atoms with Crippen molar-refractivity contribution in [3.63, 3.8) is 0 Å². The summed E-state index contributed by atoms with van der Waals surface area (Å²) in [5.74, 6) is 0. The van der Waals surface area contributed by atoms with Crippen LogP contribution in [0.3, 0.4) is 0 Å². The third-order valence-corrected chi connectivity index (χ3v) is 82.1. The Morgan fingerprint density at radius 1 is 0.545 bits per heavy atom. The van der Waals surface area contributed by atoms with Gasteiger partial charge in [0.1, 0.15) is 0 Å². The van der Waals surface area contributed by atoms with E-state index in [0.29, 0.717) is 36.1 Å². The zero-order chi connectivity index (χ0) is 16.6. The molecule has 4 fully saturated rings. The average Bonchev–Trinajstić information content (AvgIpc) is 2.71. The first kappa shape index (κ1) is 18.7. The Bertz CT molecular complexity index is 510. The summed E-state index contributed by atoms with van der Waals surface area (Å²) in [6, 6.07) is 0. The van der Waals surface area contributed by atoms with Crippen molar-refractivity contribution in [3.8, 4) is 0 Å². The van der Waals surface area contributed by atoms with Crippen molar-refractivity contribution in [2.45, 2.75) is 73.7 Å². The van der Waals surface area contributed by atoms with Crippen LogP contribution in [-0.4, -0.2) is 66.2 Å². The SMILES string of the molecule is CC(C)(C)C12[Se]P3[C@]4(C(C)(C)C)[Se][C@@]3(C(C)(C)C)P1[Se][Se]P24. The van der Waals surface area contributed by atoms with E-state index in [-0.39, 0.29) is 0 Å². The molecule has 4 aliphatic heterocycles. The summed E-state index contributed by atoms with van der Waals surface area (Å²) in [6.45, 7) is 25.0. The second-order valence-electron chi connectivity index (χ2n) is 9.80. The molecule has 0 amide bonds. The van der Waals surface area contributed by atoms with Gasteiger partial charge in [0, 0.05) is 0 Å². The molecule has 4 rings (SSSR count). The van der Waals surface area contributed by atoms with Gasteiger partial charge in [-0.05, 0) is 0 Å². The number of rotatable bonds is 0. The Labute approximate surface area is 163 Å². The third kappa shape index (κ3) is 1.72. The van der Waals surface area contributed by atoms with Crippen LogP contribution in [0.1, 0.15) is 62.3 Å². The molecule has 4 saturated heterocycles. The first-order valence-corrected chi connectivity index (χ1v) is 25.5. The van der Waals surface area contributed by atoms with E-state index in [0.717, 1.165) is 66.2 Å². The van der Waals surface area contributed by atoms with Gasteiger partial charge in [-0.3, -0.25) is 0 Å². The van der Waals surface area contributed by atoms with Crippen molar-refractivity contribution in [1.29, 1.82) is 0 Å². The summed E-state index contributed by atoms with van der Waals surface area (Å²) >= 11 is 4.14. The van der Waals surface area contributed by atoms with Crippen LogP contribution in [0.25, 0.3) is 0 Å². The van der Waals surface area contributed by atoms with E-state index in [1.54, 1.807) is 0 Å². The second-order valence-corrected chi connectivity index (χ2v) is 45.2. The Morgan fingerprint density at radius 3 is 1.23 bits per heavy atom. The summed E-state index contributed by atoms with van der Waals surface area (Å²) in [4.78, 5) is 0. The predicted octanol–water partition coefficient (Wildman–Crippen LogP) is 5.06. The summed E-state index contributed by atoms with van der Waals surface area (Å²) < 4.78 is 2.77. The number of fused-ring (bicyclic) bond motifs is 2. The van der Waals surface area contributed by atoms with Crippen LogP contribution in [0.5, 0.6) is 0 Å². The van der Waals surface area contributed by atoms with E-state index in [4.69, 9.17) is 0 Å². The molecule has 0 spiro atoms. The van der Waals surface area contributed by atoms with E-state index in [2.05, 4.69) is 62.3 Å². The third-order valence-electron chi connectivity index (χ3n) is 5.27. The molecule has 0 radical (unpaired) electrons. The molecule has 22 heavy (non-hydrogen) atoms. The van der Waals surface area contributed by atoms with Crippen LogP contribution in [-0.2, 0) is 0 Å². The van der Waals surface area contributed by atoms with Crippen molar-refractivity contribution in [3.05, 3.63) is 0 Å². The van der Waals surface area contributed by atoms with Crippen LogP contribution in [0.2, 0.25) is 0 Å². The molecule has 4 heterocycles. The van der Waals surface area contributed by atoms with Crippen LogP contribution >= 0.6 is 19.8 Å². The molecule has 2 bridgehead atoms. The van der Waals surface area contributed by atoms with Gasteiger partial charge in [0.05, 0.1) is 0 Å². The molecule has 0 saturated carbocycles. The van der Waals surface area contributed by atoms with Gasteiger partial charge in [-0.2, -0.15) is 0 Å². The standard InChI is InChI=1S/C15H27P3Se4/c1-10(2,3)13-16-14(19-13,11(4,5)6)18-15(20-16,12(7,8)9)17(13)21-22-18/h1-9H3/t13-,14+,15?,16?,17?,18?. The Morgan fingerprint density at radius 2 is 0.909 bits per heavy atom. The maximum atomic E-state index is 2.65. The van der Waals surface area contributed by atoms with E-state index in [1.165, 1.54) is 0 Å². The summed E-state index contributed by atoms with van der Waals surface area (Å²) in [6.07, 6.45) is 0. The molecule has 0 aliphatic carbocycles. The van der Waals surface area contributed by atoms with E-state index in [9.17, 15) is 0 Å². The topological polar surface area (TPSA) is 0 Å². The summed E-state index contributed by atoms with van der Waals surface area (Å²) in [7, 11) is 0. The minimum absolute atomic E-state index is 0.373. The van der Waals surface area contributed by atoms with Crippen LogP contribution in [0, 0.1) is 16.2 Å². The fourth-order valence-corrected chi connectivity index (χ4v) is 149. The van der Waals surface area contributed by atoms with Gasteiger partial charge < -0.3 is 0 Å². The Kier molecular flexibility index (Phi) is 4.13. The molecule has 0 aromatic heterocycles. The van der Waals surface area contributed by atoms with Crippen molar-refractivity contribution >= 4 is 74.7 Å². The van der Waals surface area contributed by atoms with Gasteiger partial charge in [-0.1, -0.05) is 0 Å². The summed E-state index contributed by atoms with van der Waals surface area (Å²) in [5.41, 5.74) is 1.83. The summed E-state index contributed by atoms with van der Waals surface area (Å²) in [5, 5.41) is 0. The molecule has 0 nitrogen and oxygen atoms in total. The van der Waals surface area contributed by atoms with Gasteiger partial charge in [0.2, 0.25) is 0 Å². The van der Waals surface area contributed by atoms with Gasteiger partial charge in [-0.25, -0.2) is 0 Å². The van der Waals surface area contributed by atoms with Gasteiger partial charge in [0.15, 0.2) is 0 Å². The van der Waals surface area contributed by atoms with Crippen molar-refractivity contribution in [2.75, 3.05) is 0 Å². The van der Waals surface area contributed by atoms with Crippen molar-refractivity contribution in [1.82, 2.24) is 0 Å². The monoisotopic (exact) mass is 620 g/mol. The molecule has 126 valence electrons. The molecule has 0 N–H and O–H groups in total. The van der Waals surface area contributed by atoms with Crippen molar-refractivity contribution < 1.29 is 0 Å². The first-order valence-electron chi connectivity index (χ1n) is 7.92.